The predicted molar refractivity (Wildman–Crippen MR) is 112 cm³/mol. The fourth-order valence-electron chi connectivity index (χ4n) is 2.74. The third-order valence-corrected chi connectivity index (χ3v) is 4.62. The number of para-hydroxylation sites is 2. The van der Waals surface area contributed by atoms with Gasteiger partial charge in [0.05, 0.1) is 26.8 Å². The lowest BCUT2D eigenvalue weighted by Crippen LogP contribution is -2.38. The number of rotatable bonds is 5. The Kier molecular flexibility index (Phi) is 6.23. The molecule has 31 heavy (non-hydrogen) atoms. The van der Waals surface area contributed by atoms with E-state index in [0.29, 0.717) is 4.90 Å². The molecule has 0 aliphatic carbocycles. The zero-order valence-electron chi connectivity index (χ0n) is 15.3. The average Bonchev–Trinajstić information content (AvgIpc) is 2.75. The minimum atomic E-state index is -1.12. The van der Waals surface area contributed by atoms with Crippen molar-refractivity contribution in [2.75, 3.05) is 4.90 Å². The molecule has 3 rings (SSSR count). The van der Waals surface area contributed by atoms with Crippen LogP contribution in [0.4, 0.5) is 17.1 Å². The van der Waals surface area contributed by atoms with E-state index in [1.54, 1.807) is 0 Å². The highest BCUT2D eigenvalue weighted by Gasteiger charge is 2.34. The Balaban J connectivity index is 2.24. The molecule has 156 valence electrons. The van der Waals surface area contributed by atoms with Crippen molar-refractivity contribution in [3.8, 4) is 0 Å². The molecule has 0 saturated carbocycles. The second-order valence-corrected chi connectivity index (χ2v) is 6.75. The van der Waals surface area contributed by atoms with Gasteiger partial charge in [-0.2, -0.15) is 0 Å². The average molecular weight is 461 g/mol. The van der Waals surface area contributed by atoms with Gasteiger partial charge in [0.1, 0.15) is 16.3 Å². The van der Waals surface area contributed by atoms with Gasteiger partial charge in [-0.3, -0.25) is 29.8 Å². The fraction of sp³-hybridized carbons (Fsp3) is 0. The van der Waals surface area contributed by atoms with E-state index in [9.17, 15) is 29.8 Å². The number of hydrogen-bond donors (Lipinski definition) is 0. The maximum atomic E-state index is 13.3. The third-order valence-electron chi connectivity index (χ3n) is 4.11. The van der Waals surface area contributed by atoms with E-state index >= 15 is 0 Å². The molecule has 2 amide bonds. The topological polar surface area (TPSA) is 137 Å². The zero-order chi connectivity index (χ0) is 22.7. The number of imide groups is 1. The van der Waals surface area contributed by atoms with Gasteiger partial charge in [0.25, 0.3) is 23.2 Å². The summed E-state index contributed by atoms with van der Waals surface area (Å²) in [5, 5.41) is 22.6. The van der Waals surface area contributed by atoms with Gasteiger partial charge in [0.15, 0.2) is 0 Å². The number of nitro benzene ring substituents is 2. The second-order valence-electron chi connectivity index (χ2n) is 5.95. The molecule has 3 aromatic rings. The molecule has 0 saturated heterocycles. The summed E-state index contributed by atoms with van der Waals surface area (Å²) in [7, 11) is 0. The first-order valence-corrected chi connectivity index (χ1v) is 9.14. The number of nitrogens with zero attached hydrogens (tertiary/aromatic N) is 4. The Morgan fingerprint density at radius 2 is 1.29 bits per heavy atom. The smallest absolute Gasteiger partial charge is 0.268 e. The largest absolute Gasteiger partial charge is 0.282 e. The van der Waals surface area contributed by atoms with Crippen LogP contribution in [0.2, 0.25) is 10.2 Å². The molecule has 1 aromatic heterocycles. The fourth-order valence-corrected chi connectivity index (χ4v) is 3.19. The van der Waals surface area contributed by atoms with Gasteiger partial charge >= 0.3 is 0 Å². The highest BCUT2D eigenvalue weighted by Crippen LogP contribution is 2.32. The van der Waals surface area contributed by atoms with Crippen LogP contribution in [0.15, 0.2) is 60.8 Å². The summed E-state index contributed by atoms with van der Waals surface area (Å²) in [6, 6.07) is 11.1. The maximum Gasteiger partial charge on any atom is 0.282 e. The molecule has 0 N–H and O–H groups in total. The van der Waals surface area contributed by atoms with Crippen molar-refractivity contribution in [3.63, 3.8) is 0 Å². The monoisotopic (exact) mass is 460 g/mol. The van der Waals surface area contributed by atoms with Crippen molar-refractivity contribution in [1.29, 1.82) is 0 Å². The van der Waals surface area contributed by atoms with Gasteiger partial charge in [0.2, 0.25) is 0 Å². The molecular formula is C19H10Cl2N4O6. The molecule has 2 aromatic carbocycles. The van der Waals surface area contributed by atoms with Gasteiger partial charge in [-0.1, -0.05) is 47.5 Å². The SMILES string of the molecule is O=C(c1ccccc1[N+](=O)[O-])N(C(=O)c1ccccc1[N+](=O)[O-])c1cnc(Cl)cc1Cl. The highest BCUT2D eigenvalue weighted by molar-refractivity contribution is 6.38. The van der Waals surface area contributed by atoms with Crippen LogP contribution in [-0.2, 0) is 0 Å². The van der Waals surface area contributed by atoms with Gasteiger partial charge in [-0.15, -0.1) is 0 Å². The number of aromatic nitrogens is 1. The quantitative estimate of drug-likeness (QED) is 0.233. The first kappa shape index (κ1) is 21.8. The summed E-state index contributed by atoms with van der Waals surface area (Å²) < 4.78 is 0. The predicted octanol–water partition coefficient (Wildman–Crippen LogP) is 4.69. The number of anilines is 1. The van der Waals surface area contributed by atoms with E-state index in [4.69, 9.17) is 23.2 Å². The third kappa shape index (κ3) is 4.34. The Labute approximate surface area is 183 Å². The number of hydrogen-bond acceptors (Lipinski definition) is 7. The lowest BCUT2D eigenvalue weighted by atomic mass is 10.1. The van der Waals surface area contributed by atoms with Crippen molar-refractivity contribution in [2.45, 2.75) is 0 Å². The zero-order valence-corrected chi connectivity index (χ0v) is 16.8. The Morgan fingerprint density at radius 3 is 1.71 bits per heavy atom. The summed E-state index contributed by atoms with van der Waals surface area (Å²) in [6.07, 6.45) is 1.02. The number of halogens is 2. The Hall–Kier alpha value is -3.89. The summed E-state index contributed by atoms with van der Waals surface area (Å²) in [5.74, 6) is -2.25. The molecule has 12 heteroatoms. The van der Waals surface area contributed by atoms with Crippen molar-refractivity contribution < 1.29 is 19.4 Å². The minimum absolute atomic E-state index is 0.0371. The van der Waals surface area contributed by atoms with Crippen LogP contribution >= 0.6 is 23.2 Å². The van der Waals surface area contributed by atoms with E-state index < -0.39 is 44.2 Å². The van der Waals surface area contributed by atoms with Gasteiger partial charge in [0, 0.05) is 12.1 Å². The molecule has 0 fully saturated rings. The minimum Gasteiger partial charge on any atom is -0.268 e. The van der Waals surface area contributed by atoms with Crippen LogP contribution in [0, 0.1) is 20.2 Å². The molecule has 0 radical (unpaired) electrons. The van der Waals surface area contributed by atoms with Crippen LogP contribution in [0.3, 0.4) is 0 Å². The van der Waals surface area contributed by atoms with Crippen LogP contribution in [0.25, 0.3) is 0 Å². The number of carbonyl (C=O) groups is 2. The molecular weight excluding hydrogens is 451 g/mol. The van der Waals surface area contributed by atoms with Crippen LogP contribution in [-0.4, -0.2) is 26.6 Å². The Morgan fingerprint density at radius 1 is 0.839 bits per heavy atom. The van der Waals surface area contributed by atoms with Crippen molar-refractivity contribution in [3.05, 3.63) is 102 Å². The van der Waals surface area contributed by atoms with E-state index in [2.05, 4.69) is 4.98 Å². The van der Waals surface area contributed by atoms with Crippen molar-refractivity contribution >= 4 is 52.1 Å². The van der Waals surface area contributed by atoms with E-state index in [1.807, 2.05) is 0 Å². The molecule has 0 unspecified atom stereocenters. The van der Waals surface area contributed by atoms with E-state index in [1.165, 1.54) is 24.3 Å². The van der Waals surface area contributed by atoms with Gasteiger partial charge in [-0.25, -0.2) is 9.88 Å². The number of amides is 2. The summed E-state index contributed by atoms with van der Waals surface area (Å²) in [6.45, 7) is 0. The molecule has 0 aliphatic rings. The molecule has 0 aliphatic heterocycles. The summed E-state index contributed by atoms with van der Waals surface area (Å²) in [5.41, 5.74) is -2.23. The maximum absolute atomic E-state index is 13.3. The van der Waals surface area contributed by atoms with Gasteiger partial charge in [-0.05, 0) is 18.2 Å². The lowest BCUT2D eigenvalue weighted by Gasteiger charge is -2.22. The molecule has 1 heterocycles. The molecule has 0 atom stereocenters. The van der Waals surface area contributed by atoms with Crippen LogP contribution in [0.5, 0.6) is 0 Å². The van der Waals surface area contributed by atoms with E-state index in [-0.39, 0.29) is 15.9 Å². The number of pyridine rings is 1. The summed E-state index contributed by atoms with van der Waals surface area (Å²) in [4.78, 5) is 52.1. The molecule has 0 bridgehead atoms. The molecule has 10 nitrogen and oxygen atoms in total. The van der Waals surface area contributed by atoms with Crippen molar-refractivity contribution in [1.82, 2.24) is 4.98 Å². The van der Waals surface area contributed by atoms with Crippen LogP contribution < -0.4 is 4.90 Å². The Bertz CT molecular complexity index is 1160. The summed E-state index contributed by atoms with van der Waals surface area (Å²) >= 11 is 11.9. The van der Waals surface area contributed by atoms with E-state index in [0.717, 1.165) is 36.5 Å². The molecule has 0 spiro atoms. The number of nitro groups is 2. The second kappa shape index (κ2) is 8.86. The standard InChI is InChI=1S/C19H10Cl2N4O6/c20-13-9-17(21)22-10-16(13)23(18(26)11-5-1-3-7-14(11)24(28)29)19(27)12-6-2-4-8-15(12)25(30)31/h1-10H. The van der Waals surface area contributed by atoms with Crippen LogP contribution in [0.1, 0.15) is 20.7 Å². The first-order valence-electron chi connectivity index (χ1n) is 8.39. The lowest BCUT2D eigenvalue weighted by molar-refractivity contribution is -0.385. The first-order chi connectivity index (χ1) is 14.7. The highest BCUT2D eigenvalue weighted by atomic mass is 35.5. The van der Waals surface area contributed by atoms with Gasteiger partial charge < -0.3 is 0 Å². The number of carbonyl (C=O) groups excluding carboxylic acids is 2. The normalized spacial score (nSPS) is 10.4. The number of benzene rings is 2. The van der Waals surface area contributed by atoms with Crippen molar-refractivity contribution in [2.24, 2.45) is 0 Å².